The molecule has 2 rings (SSSR count). The van der Waals surface area contributed by atoms with E-state index >= 15 is 0 Å². The molecule has 2 aromatic heterocycles. The van der Waals surface area contributed by atoms with Gasteiger partial charge >= 0.3 is 5.97 Å². The summed E-state index contributed by atoms with van der Waals surface area (Å²) in [7, 11) is 1.62. The van der Waals surface area contributed by atoms with E-state index in [0.717, 1.165) is 6.42 Å². The van der Waals surface area contributed by atoms with Crippen LogP contribution in [-0.2, 0) is 16.0 Å². The van der Waals surface area contributed by atoms with E-state index < -0.39 is 5.97 Å². The number of fused-ring (bicyclic) bond motifs is 1. The van der Waals surface area contributed by atoms with E-state index in [0.29, 0.717) is 40.4 Å². The van der Waals surface area contributed by atoms with E-state index in [1.807, 2.05) is 0 Å². The molecule has 2 aromatic rings. The van der Waals surface area contributed by atoms with Gasteiger partial charge in [0.15, 0.2) is 0 Å². The molecule has 0 bridgehead atoms. The fourth-order valence-electron chi connectivity index (χ4n) is 2.09. The average molecular weight is 310 g/mol. The highest BCUT2D eigenvalue weighted by molar-refractivity contribution is 7.20. The van der Waals surface area contributed by atoms with Gasteiger partial charge in [-0.15, -0.1) is 11.3 Å². The van der Waals surface area contributed by atoms with E-state index in [2.05, 4.69) is 4.98 Å². The van der Waals surface area contributed by atoms with Crippen molar-refractivity contribution in [2.45, 2.75) is 26.8 Å². The number of rotatable bonds is 6. The molecule has 0 fully saturated rings. The van der Waals surface area contributed by atoms with E-state index in [-0.39, 0.29) is 5.56 Å². The van der Waals surface area contributed by atoms with Crippen LogP contribution in [0.2, 0.25) is 0 Å². The van der Waals surface area contributed by atoms with Gasteiger partial charge in [-0.25, -0.2) is 9.78 Å². The second kappa shape index (κ2) is 6.82. The lowest BCUT2D eigenvalue weighted by atomic mass is 10.2. The molecule has 0 aliphatic rings. The largest absolute Gasteiger partial charge is 0.462 e. The molecule has 0 unspecified atom stereocenters. The van der Waals surface area contributed by atoms with Crippen LogP contribution in [0, 0.1) is 6.92 Å². The normalized spacial score (nSPS) is 11.0. The highest BCUT2D eigenvalue weighted by atomic mass is 32.1. The molecule has 0 saturated carbocycles. The highest BCUT2D eigenvalue weighted by Gasteiger charge is 2.20. The van der Waals surface area contributed by atoms with Crippen molar-refractivity contribution in [1.29, 1.82) is 0 Å². The van der Waals surface area contributed by atoms with Gasteiger partial charge in [0.05, 0.1) is 18.3 Å². The second-order valence-electron chi connectivity index (χ2n) is 4.55. The minimum absolute atomic E-state index is 0.125. The smallest absolute Gasteiger partial charge is 0.348 e. The topological polar surface area (TPSA) is 70.4 Å². The number of aromatic nitrogens is 2. The van der Waals surface area contributed by atoms with E-state index in [1.165, 1.54) is 17.7 Å². The van der Waals surface area contributed by atoms with Gasteiger partial charge in [-0.05, 0) is 25.8 Å². The monoisotopic (exact) mass is 310 g/mol. The molecule has 0 aliphatic heterocycles. The Kier molecular flexibility index (Phi) is 5.08. The Morgan fingerprint density at radius 3 is 2.90 bits per heavy atom. The fourth-order valence-corrected chi connectivity index (χ4v) is 3.12. The molecule has 0 aromatic carbocycles. The summed E-state index contributed by atoms with van der Waals surface area (Å²) in [6, 6.07) is 0. The minimum atomic E-state index is -0.400. The lowest BCUT2D eigenvalue weighted by Gasteiger charge is -2.04. The van der Waals surface area contributed by atoms with Crippen molar-refractivity contribution in [2.24, 2.45) is 0 Å². The summed E-state index contributed by atoms with van der Waals surface area (Å²) in [5.74, 6) is -0.400. The van der Waals surface area contributed by atoms with Crippen LogP contribution in [0.1, 0.15) is 28.6 Å². The van der Waals surface area contributed by atoms with Crippen molar-refractivity contribution in [3.8, 4) is 0 Å². The van der Waals surface area contributed by atoms with Gasteiger partial charge in [-0.3, -0.25) is 9.36 Å². The van der Waals surface area contributed by atoms with Crippen LogP contribution in [0.15, 0.2) is 11.1 Å². The first-order valence-electron chi connectivity index (χ1n) is 6.74. The quantitative estimate of drug-likeness (QED) is 0.603. The summed E-state index contributed by atoms with van der Waals surface area (Å²) in [6.45, 7) is 4.94. The molecule has 0 radical (unpaired) electrons. The number of hydrogen-bond donors (Lipinski definition) is 0. The van der Waals surface area contributed by atoms with E-state index in [1.54, 1.807) is 25.5 Å². The first kappa shape index (κ1) is 15.7. The van der Waals surface area contributed by atoms with Gasteiger partial charge in [0, 0.05) is 20.3 Å². The summed E-state index contributed by atoms with van der Waals surface area (Å²) >= 11 is 1.20. The van der Waals surface area contributed by atoms with Crippen LogP contribution in [-0.4, -0.2) is 35.8 Å². The SMILES string of the molecule is CCOC(=O)c1sc2ncn(CCCOC)c(=O)c2c1C. The number of ether oxygens (including phenoxy) is 2. The third-order valence-electron chi connectivity index (χ3n) is 3.13. The van der Waals surface area contributed by atoms with Crippen molar-refractivity contribution in [2.75, 3.05) is 20.3 Å². The molecule has 21 heavy (non-hydrogen) atoms. The van der Waals surface area contributed by atoms with Crippen LogP contribution in [0.3, 0.4) is 0 Å². The standard InChI is InChI=1S/C14H18N2O4S/c1-4-20-14(18)11-9(2)10-12(21-11)15-8-16(13(10)17)6-5-7-19-3/h8H,4-7H2,1-3H3. The van der Waals surface area contributed by atoms with Gasteiger partial charge in [-0.2, -0.15) is 0 Å². The van der Waals surface area contributed by atoms with Gasteiger partial charge in [0.1, 0.15) is 9.71 Å². The van der Waals surface area contributed by atoms with Crippen molar-refractivity contribution in [3.05, 3.63) is 27.1 Å². The summed E-state index contributed by atoms with van der Waals surface area (Å²) in [6.07, 6.45) is 2.25. The zero-order valence-electron chi connectivity index (χ0n) is 12.3. The Bertz CT molecular complexity index is 705. The molecule has 0 spiro atoms. The Balaban J connectivity index is 2.42. The number of methoxy groups -OCH3 is 1. The molecule has 0 atom stereocenters. The number of hydrogen-bond acceptors (Lipinski definition) is 6. The van der Waals surface area contributed by atoms with Gasteiger partial charge in [0.2, 0.25) is 0 Å². The maximum absolute atomic E-state index is 12.5. The lowest BCUT2D eigenvalue weighted by molar-refractivity contribution is 0.0531. The molecule has 7 heteroatoms. The van der Waals surface area contributed by atoms with Crippen molar-refractivity contribution >= 4 is 27.5 Å². The van der Waals surface area contributed by atoms with Gasteiger partial charge in [0.25, 0.3) is 5.56 Å². The maximum atomic E-state index is 12.5. The maximum Gasteiger partial charge on any atom is 0.348 e. The van der Waals surface area contributed by atoms with E-state index in [4.69, 9.17) is 9.47 Å². The Morgan fingerprint density at radius 1 is 1.48 bits per heavy atom. The zero-order chi connectivity index (χ0) is 15.4. The third-order valence-corrected chi connectivity index (χ3v) is 4.31. The average Bonchev–Trinajstić information content (AvgIpc) is 2.80. The summed E-state index contributed by atoms with van der Waals surface area (Å²) in [4.78, 5) is 29.7. The molecule has 2 heterocycles. The summed E-state index contributed by atoms with van der Waals surface area (Å²) in [5.41, 5.74) is 0.521. The predicted molar refractivity (Wildman–Crippen MR) is 81.1 cm³/mol. The zero-order valence-corrected chi connectivity index (χ0v) is 13.2. The summed E-state index contributed by atoms with van der Waals surface area (Å²) < 4.78 is 11.5. The van der Waals surface area contributed by atoms with Crippen molar-refractivity contribution < 1.29 is 14.3 Å². The first-order chi connectivity index (χ1) is 10.1. The minimum Gasteiger partial charge on any atom is -0.462 e. The molecule has 0 N–H and O–H groups in total. The molecule has 0 saturated heterocycles. The molecular formula is C14H18N2O4S. The van der Waals surface area contributed by atoms with Crippen LogP contribution in [0.5, 0.6) is 0 Å². The molecule has 114 valence electrons. The molecule has 0 amide bonds. The predicted octanol–water partition coefficient (Wildman–Crippen LogP) is 1.98. The van der Waals surface area contributed by atoms with Crippen LogP contribution in [0.4, 0.5) is 0 Å². The Labute approximate surface area is 126 Å². The number of esters is 1. The van der Waals surface area contributed by atoms with Crippen LogP contribution < -0.4 is 5.56 Å². The number of thiophene rings is 1. The molecule has 0 aliphatic carbocycles. The van der Waals surface area contributed by atoms with E-state index in [9.17, 15) is 9.59 Å². The van der Waals surface area contributed by atoms with Crippen molar-refractivity contribution in [3.63, 3.8) is 0 Å². The molecular weight excluding hydrogens is 292 g/mol. The summed E-state index contributed by atoms with van der Waals surface area (Å²) in [5, 5.41) is 0.503. The highest BCUT2D eigenvalue weighted by Crippen LogP contribution is 2.27. The van der Waals surface area contributed by atoms with Crippen LogP contribution in [0.25, 0.3) is 10.2 Å². The number of aryl methyl sites for hydroxylation is 2. The molecule has 6 nitrogen and oxygen atoms in total. The van der Waals surface area contributed by atoms with Crippen LogP contribution >= 0.6 is 11.3 Å². The lowest BCUT2D eigenvalue weighted by Crippen LogP contribution is -2.21. The number of carbonyl (C=O) groups is 1. The number of nitrogens with zero attached hydrogens (tertiary/aromatic N) is 2. The third kappa shape index (κ3) is 3.14. The Morgan fingerprint density at radius 2 is 2.24 bits per heavy atom. The van der Waals surface area contributed by atoms with Gasteiger partial charge < -0.3 is 9.47 Å². The van der Waals surface area contributed by atoms with Crippen molar-refractivity contribution in [1.82, 2.24) is 9.55 Å². The van der Waals surface area contributed by atoms with Gasteiger partial charge in [-0.1, -0.05) is 0 Å². The second-order valence-corrected chi connectivity index (χ2v) is 5.55. The fraction of sp³-hybridized carbons (Fsp3) is 0.500. The Hall–Kier alpha value is -1.73. The number of carbonyl (C=O) groups excluding carboxylic acids is 1. The first-order valence-corrected chi connectivity index (χ1v) is 7.56.